The van der Waals surface area contributed by atoms with Crippen molar-refractivity contribution in [3.63, 3.8) is 0 Å². The van der Waals surface area contributed by atoms with Gasteiger partial charge in [-0.25, -0.2) is 13.6 Å². The fourth-order valence-corrected chi connectivity index (χ4v) is 3.15. The maximum absolute atomic E-state index is 13.4. The van der Waals surface area contributed by atoms with Crippen LogP contribution in [0.2, 0.25) is 0 Å². The van der Waals surface area contributed by atoms with Gasteiger partial charge in [0.15, 0.2) is 11.6 Å². The van der Waals surface area contributed by atoms with Gasteiger partial charge in [0.05, 0.1) is 0 Å². The van der Waals surface area contributed by atoms with Crippen LogP contribution in [-0.4, -0.2) is 25.7 Å². The summed E-state index contributed by atoms with van der Waals surface area (Å²) in [5.74, 6) is -1.40. The van der Waals surface area contributed by atoms with E-state index in [1.54, 1.807) is 6.07 Å². The molecule has 26 heavy (non-hydrogen) atoms. The molecule has 1 aliphatic rings. The van der Waals surface area contributed by atoms with Gasteiger partial charge < -0.3 is 15.5 Å². The molecule has 0 saturated carbocycles. The molecule has 2 aromatic carbocycles. The van der Waals surface area contributed by atoms with Gasteiger partial charge in [0.1, 0.15) is 0 Å². The minimum absolute atomic E-state index is 0.236. The van der Waals surface area contributed by atoms with Crippen molar-refractivity contribution in [1.82, 2.24) is 5.32 Å². The molecule has 0 aromatic heterocycles. The first kappa shape index (κ1) is 18.2. The molecule has 4 nitrogen and oxygen atoms in total. The molecule has 0 aliphatic carbocycles. The Morgan fingerprint density at radius 3 is 2.62 bits per heavy atom. The first-order valence-corrected chi connectivity index (χ1v) is 8.89. The smallest absolute Gasteiger partial charge is 0.319 e. The lowest BCUT2D eigenvalue weighted by atomic mass is 10.1. The number of rotatable bonds is 5. The van der Waals surface area contributed by atoms with Crippen LogP contribution in [0, 0.1) is 17.6 Å². The van der Waals surface area contributed by atoms with Crippen LogP contribution in [0.3, 0.4) is 0 Å². The molecule has 1 heterocycles. The van der Waals surface area contributed by atoms with E-state index < -0.39 is 11.6 Å². The predicted molar refractivity (Wildman–Crippen MR) is 99.5 cm³/mol. The van der Waals surface area contributed by atoms with Crippen LogP contribution in [0.15, 0.2) is 42.5 Å². The number of amides is 2. The zero-order valence-corrected chi connectivity index (χ0v) is 14.8. The van der Waals surface area contributed by atoms with Crippen molar-refractivity contribution >= 4 is 17.4 Å². The van der Waals surface area contributed by atoms with E-state index in [-0.39, 0.29) is 11.9 Å². The van der Waals surface area contributed by atoms with Crippen LogP contribution < -0.4 is 15.5 Å². The highest BCUT2D eigenvalue weighted by molar-refractivity contribution is 5.89. The summed E-state index contributed by atoms with van der Waals surface area (Å²) in [5, 5.41) is 5.70. The maximum atomic E-state index is 13.4. The molecule has 1 aliphatic heterocycles. The van der Waals surface area contributed by atoms with Crippen molar-refractivity contribution in [3.8, 4) is 0 Å². The quantitative estimate of drug-likeness (QED) is 0.841. The average Bonchev–Trinajstić information content (AvgIpc) is 3.12. The van der Waals surface area contributed by atoms with Crippen LogP contribution in [0.1, 0.15) is 18.9 Å². The zero-order chi connectivity index (χ0) is 18.5. The molecule has 0 spiro atoms. The first-order chi connectivity index (χ1) is 12.5. The van der Waals surface area contributed by atoms with E-state index in [0.29, 0.717) is 18.8 Å². The van der Waals surface area contributed by atoms with Crippen LogP contribution >= 0.6 is 0 Å². The van der Waals surface area contributed by atoms with E-state index in [0.717, 1.165) is 31.1 Å². The molecular formula is C20H23F2N3O. The maximum Gasteiger partial charge on any atom is 0.319 e. The molecular weight excluding hydrogens is 336 g/mol. The van der Waals surface area contributed by atoms with Crippen LogP contribution in [0.25, 0.3) is 0 Å². The molecule has 1 saturated heterocycles. The molecule has 3 rings (SSSR count). The monoisotopic (exact) mass is 359 g/mol. The molecule has 1 atom stereocenters. The molecule has 1 unspecified atom stereocenters. The molecule has 6 heteroatoms. The van der Waals surface area contributed by atoms with Crippen LogP contribution in [-0.2, 0) is 6.42 Å². The Labute approximate surface area is 152 Å². The van der Waals surface area contributed by atoms with Gasteiger partial charge in [0.2, 0.25) is 0 Å². The lowest BCUT2D eigenvalue weighted by Gasteiger charge is -2.19. The predicted octanol–water partition coefficient (Wildman–Crippen LogP) is 4.18. The summed E-state index contributed by atoms with van der Waals surface area (Å²) in [6.07, 6.45) is 1.85. The molecule has 0 bridgehead atoms. The molecule has 138 valence electrons. The van der Waals surface area contributed by atoms with Gasteiger partial charge in [0, 0.05) is 37.1 Å². The topological polar surface area (TPSA) is 44.4 Å². The van der Waals surface area contributed by atoms with Crippen molar-refractivity contribution < 1.29 is 13.6 Å². The number of carbonyl (C=O) groups is 1. The van der Waals surface area contributed by atoms with Gasteiger partial charge >= 0.3 is 6.03 Å². The highest BCUT2D eigenvalue weighted by Crippen LogP contribution is 2.25. The van der Waals surface area contributed by atoms with Crippen molar-refractivity contribution in [1.29, 1.82) is 0 Å². The van der Waals surface area contributed by atoms with Gasteiger partial charge in [0.25, 0.3) is 0 Å². The minimum atomic E-state index is -0.838. The Hall–Kier alpha value is -2.63. The third-order valence-electron chi connectivity index (χ3n) is 4.73. The van der Waals surface area contributed by atoms with Crippen LogP contribution in [0.4, 0.5) is 25.0 Å². The third kappa shape index (κ3) is 4.50. The first-order valence-electron chi connectivity index (χ1n) is 8.89. The second kappa shape index (κ2) is 8.17. The summed E-state index contributed by atoms with van der Waals surface area (Å²) in [6.45, 7) is 4.09. The Kier molecular flexibility index (Phi) is 5.71. The average molecular weight is 359 g/mol. The van der Waals surface area contributed by atoms with Gasteiger partial charge in [-0.2, -0.15) is 0 Å². The molecule has 2 aromatic rings. The molecule has 2 amide bonds. The van der Waals surface area contributed by atoms with Gasteiger partial charge in [-0.05, 0) is 48.6 Å². The SMILES string of the molecule is CCc1ccc(NC(=O)NCC2CCN(c3ccc(F)c(F)c3)C2)cc1. The fraction of sp³-hybridized carbons (Fsp3) is 0.350. The number of anilines is 2. The van der Waals surface area contributed by atoms with E-state index in [9.17, 15) is 13.6 Å². The number of nitrogens with zero attached hydrogens (tertiary/aromatic N) is 1. The number of aryl methyl sites for hydroxylation is 1. The normalized spacial score (nSPS) is 16.6. The van der Waals surface area contributed by atoms with E-state index in [1.165, 1.54) is 11.6 Å². The van der Waals surface area contributed by atoms with Gasteiger partial charge in [-0.3, -0.25) is 0 Å². The summed E-state index contributed by atoms with van der Waals surface area (Å²) in [5.41, 5.74) is 2.65. The van der Waals surface area contributed by atoms with Crippen molar-refractivity contribution in [2.45, 2.75) is 19.8 Å². The largest absolute Gasteiger partial charge is 0.371 e. The zero-order valence-electron chi connectivity index (χ0n) is 14.8. The second-order valence-corrected chi connectivity index (χ2v) is 6.58. The number of halogens is 2. The van der Waals surface area contributed by atoms with Gasteiger partial charge in [-0.1, -0.05) is 19.1 Å². The van der Waals surface area contributed by atoms with Crippen molar-refractivity contribution in [2.75, 3.05) is 29.9 Å². The number of hydrogen-bond acceptors (Lipinski definition) is 2. The summed E-state index contributed by atoms with van der Waals surface area (Å²) in [4.78, 5) is 14.0. The lowest BCUT2D eigenvalue weighted by molar-refractivity contribution is 0.250. The van der Waals surface area contributed by atoms with E-state index >= 15 is 0 Å². The Balaban J connectivity index is 1.46. The number of urea groups is 1. The van der Waals surface area contributed by atoms with E-state index in [4.69, 9.17) is 0 Å². The number of hydrogen-bond donors (Lipinski definition) is 2. The highest BCUT2D eigenvalue weighted by atomic mass is 19.2. The van der Waals surface area contributed by atoms with Crippen molar-refractivity contribution in [3.05, 3.63) is 59.7 Å². The Morgan fingerprint density at radius 2 is 1.92 bits per heavy atom. The number of carbonyl (C=O) groups excluding carboxylic acids is 1. The highest BCUT2D eigenvalue weighted by Gasteiger charge is 2.23. The number of nitrogens with one attached hydrogen (secondary N) is 2. The molecule has 0 radical (unpaired) electrons. The molecule has 2 N–H and O–H groups in total. The standard InChI is InChI=1S/C20H23F2N3O/c1-2-14-3-5-16(6-4-14)24-20(26)23-12-15-9-10-25(13-15)17-7-8-18(21)19(22)11-17/h3-8,11,15H,2,9-10,12-13H2,1H3,(H2,23,24,26). The summed E-state index contributed by atoms with van der Waals surface area (Å²) < 4.78 is 26.4. The van der Waals surface area contributed by atoms with Crippen LogP contribution in [0.5, 0.6) is 0 Å². The molecule has 1 fully saturated rings. The van der Waals surface area contributed by atoms with E-state index in [1.807, 2.05) is 29.2 Å². The minimum Gasteiger partial charge on any atom is -0.371 e. The Morgan fingerprint density at radius 1 is 1.15 bits per heavy atom. The Bertz CT molecular complexity index is 764. The third-order valence-corrected chi connectivity index (χ3v) is 4.73. The summed E-state index contributed by atoms with van der Waals surface area (Å²) in [7, 11) is 0. The summed E-state index contributed by atoms with van der Waals surface area (Å²) >= 11 is 0. The van der Waals surface area contributed by atoms with Gasteiger partial charge in [-0.15, -0.1) is 0 Å². The second-order valence-electron chi connectivity index (χ2n) is 6.58. The van der Waals surface area contributed by atoms with Crippen molar-refractivity contribution in [2.24, 2.45) is 5.92 Å². The lowest BCUT2D eigenvalue weighted by Crippen LogP contribution is -2.34. The summed E-state index contributed by atoms with van der Waals surface area (Å²) in [6, 6.07) is 11.5. The fourth-order valence-electron chi connectivity index (χ4n) is 3.15. The number of benzene rings is 2. The van der Waals surface area contributed by atoms with E-state index in [2.05, 4.69) is 17.6 Å².